The van der Waals surface area contributed by atoms with Gasteiger partial charge in [0, 0.05) is 31.7 Å². The molecular formula is C18H28N4O4. The van der Waals surface area contributed by atoms with Crippen molar-refractivity contribution >= 4 is 17.9 Å². The van der Waals surface area contributed by atoms with E-state index in [1.54, 1.807) is 17.9 Å². The monoisotopic (exact) mass is 364 g/mol. The van der Waals surface area contributed by atoms with Crippen LogP contribution in [0.5, 0.6) is 0 Å². The van der Waals surface area contributed by atoms with Crippen molar-refractivity contribution in [2.24, 2.45) is 5.92 Å². The van der Waals surface area contributed by atoms with Crippen LogP contribution in [0.3, 0.4) is 0 Å². The standard InChI is InChI=1S/C18H28N4O4/c1-12-10-15(20-26-12)19-16(23)22-8-5-6-13-11-21(9-7-14(13)22)17(24)25-18(2,3)4/h10,13-14H,5-9,11H2,1-4H3,(H,19,20,23). The third-order valence-corrected chi connectivity index (χ3v) is 4.84. The van der Waals surface area contributed by atoms with E-state index in [2.05, 4.69) is 10.5 Å². The van der Waals surface area contributed by atoms with Crippen LogP contribution in [-0.4, -0.2) is 58.4 Å². The number of aromatic nitrogens is 1. The third-order valence-electron chi connectivity index (χ3n) is 4.84. The number of piperidine rings is 2. The molecule has 0 bridgehead atoms. The maximum atomic E-state index is 12.7. The second kappa shape index (κ2) is 7.17. The van der Waals surface area contributed by atoms with Gasteiger partial charge in [-0.1, -0.05) is 5.16 Å². The molecule has 3 rings (SSSR count). The number of ether oxygens (including phenoxy) is 1. The molecule has 0 aliphatic carbocycles. The highest BCUT2D eigenvalue weighted by molar-refractivity contribution is 5.88. The summed E-state index contributed by atoms with van der Waals surface area (Å²) in [6.07, 6.45) is 2.43. The van der Waals surface area contributed by atoms with E-state index in [9.17, 15) is 9.59 Å². The number of hydrogen-bond donors (Lipinski definition) is 1. The molecule has 3 heterocycles. The molecule has 3 amide bonds. The summed E-state index contributed by atoms with van der Waals surface area (Å²) in [6, 6.07) is 1.68. The summed E-state index contributed by atoms with van der Waals surface area (Å²) in [5.74, 6) is 1.36. The van der Waals surface area contributed by atoms with Crippen LogP contribution in [0.25, 0.3) is 0 Å². The summed E-state index contributed by atoms with van der Waals surface area (Å²) in [5, 5.41) is 6.63. The van der Waals surface area contributed by atoms with Gasteiger partial charge in [-0.05, 0) is 52.9 Å². The summed E-state index contributed by atoms with van der Waals surface area (Å²) in [5.41, 5.74) is -0.498. The predicted octanol–water partition coefficient (Wildman–Crippen LogP) is 3.24. The quantitative estimate of drug-likeness (QED) is 0.826. The first kappa shape index (κ1) is 18.5. The Kier molecular flexibility index (Phi) is 5.11. The minimum Gasteiger partial charge on any atom is -0.444 e. The number of amides is 3. The lowest BCUT2D eigenvalue weighted by atomic mass is 9.84. The van der Waals surface area contributed by atoms with Crippen LogP contribution in [-0.2, 0) is 4.74 Å². The Labute approximate surface area is 153 Å². The molecule has 0 radical (unpaired) electrons. The number of hydrogen-bond acceptors (Lipinski definition) is 5. The van der Waals surface area contributed by atoms with Gasteiger partial charge in [-0.2, -0.15) is 0 Å². The van der Waals surface area contributed by atoms with Crippen molar-refractivity contribution in [1.29, 1.82) is 0 Å². The van der Waals surface area contributed by atoms with E-state index in [-0.39, 0.29) is 24.1 Å². The third kappa shape index (κ3) is 4.28. The van der Waals surface area contributed by atoms with Gasteiger partial charge in [-0.15, -0.1) is 0 Å². The van der Waals surface area contributed by atoms with Crippen molar-refractivity contribution in [1.82, 2.24) is 15.0 Å². The summed E-state index contributed by atoms with van der Waals surface area (Å²) >= 11 is 0. The molecule has 8 nitrogen and oxygen atoms in total. The normalized spacial score (nSPS) is 23.4. The van der Waals surface area contributed by atoms with Crippen LogP contribution in [0.1, 0.15) is 45.8 Å². The number of nitrogens with zero attached hydrogens (tertiary/aromatic N) is 3. The summed E-state index contributed by atoms with van der Waals surface area (Å²) in [6.45, 7) is 9.35. The lowest BCUT2D eigenvalue weighted by Gasteiger charge is -2.46. The van der Waals surface area contributed by atoms with E-state index in [4.69, 9.17) is 9.26 Å². The Morgan fingerprint density at radius 3 is 2.73 bits per heavy atom. The van der Waals surface area contributed by atoms with E-state index in [0.717, 1.165) is 25.8 Å². The maximum absolute atomic E-state index is 12.7. The number of carbonyl (C=O) groups excluding carboxylic acids is 2. The van der Waals surface area contributed by atoms with Crippen LogP contribution in [0.15, 0.2) is 10.6 Å². The minimum absolute atomic E-state index is 0.135. The van der Waals surface area contributed by atoms with Crippen molar-refractivity contribution in [2.45, 2.75) is 58.6 Å². The number of aryl methyl sites for hydroxylation is 1. The van der Waals surface area contributed by atoms with Gasteiger partial charge in [0.2, 0.25) is 0 Å². The molecule has 8 heteroatoms. The van der Waals surface area contributed by atoms with Gasteiger partial charge in [-0.25, -0.2) is 9.59 Å². The first-order chi connectivity index (χ1) is 12.2. The number of fused-ring (bicyclic) bond motifs is 1. The van der Waals surface area contributed by atoms with Crippen LogP contribution in [0, 0.1) is 12.8 Å². The molecule has 2 fully saturated rings. The zero-order chi connectivity index (χ0) is 18.9. The average Bonchev–Trinajstić information content (AvgIpc) is 2.97. The second-order valence-electron chi connectivity index (χ2n) is 8.13. The van der Waals surface area contributed by atoms with Gasteiger partial charge in [0.1, 0.15) is 11.4 Å². The van der Waals surface area contributed by atoms with Crippen molar-refractivity contribution in [3.63, 3.8) is 0 Å². The number of anilines is 1. The molecule has 2 atom stereocenters. The summed E-state index contributed by atoms with van der Waals surface area (Å²) < 4.78 is 10.5. The van der Waals surface area contributed by atoms with E-state index in [0.29, 0.717) is 24.7 Å². The smallest absolute Gasteiger partial charge is 0.410 e. The van der Waals surface area contributed by atoms with E-state index < -0.39 is 5.60 Å². The molecule has 2 saturated heterocycles. The van der Waals surface area contributed by atoms with Crippen molar-refractivity contribution in [3.05, 3.63) is 11.8 Å². The molecule has 1 N–H and O–H groups in total. The van der Waals surface area contributed by atoms with Gasteiger partial charge < -0.3 is 19.1 Å². The second-order valence-corrected chi connectivity index (χ2v) is 8.13. The zero-order valence-electron chi connectivity index (χ0n) is 15.9. The molecule has 2 aliphatic heterocycles. The number of carbonyl (C=O) groups is 2. The first-order valence-electron chi connectivity index (χ1n) is 9.22. The number of urea groups is 1. The van der Waals surface area contributed by atoms with Crippen LogP contribution in [0.4, 0.5) is 15.4 Å². The van der Waals surface area contributed by atoms with Crippen LogP contribution < -0.4 is 5.32 Å². The van der Waals surface area contributed by atoms with Gasteiger partial charge in [0.15, 0.2) is 5.82 Å². The number of nitrogens with one attached hydrogen (secondary N) is 1. The number of rotatable bonds is 1. The Hall–Kier alpha value is -2.25. The topological polar surface area (TPSA) is 87.9 Å². The first-order valence-corrected chi connectivity index (χ1v) is 9.22. The van der Waals surface area contributed by atoms with Gasteiger partial charge in [-0.3, -0.25) is 5.32 Å². The Bertz CT molecular complexity index is 666. The van der Waals surface area contributed by atoms with Crippen molar-refractivity contribution in [2.75, 3.05) is 25.0 Å². The van der Waals surface area contributed by atoms with Gasteiger partial charge in [0.05, 0.1) is 0 Å². The largest absolute Gasteiger partial charge is 0.444 e. The number of likely N-dealkylation sites (tertiary alicyclic amines) is 2. The van der Waals surface area contributed by atoms with Crippen molar-refractivity contribution in [3.8, 4) is 0 Å². The maximum Gasteiger partial charge on any atom is 0.410 e. The van der Waals surface area contributed by atoms with Gasteiger partial charge in [0.25, 0.3) is 0 Å². The Morgan fingerprint density at radius 2 is 2.08 bits per heavy atom. The van der Waals surface area contributed by atoms with Crippen LogP contribution in [0.2, 0.25) is 0 Å². The SMILES string of the molecule is Cc1cc(NC(=O)N2CCCC3CN(C(=O)OC(C)(C)C)CCC32)no1. The Balaban J connectivity index is 1.61. The average molecular weight is 364 g/mol. The molecular weight excluding hydrogens is 336 g/mol. The van der Waals surface area contributed by atoms with E-state index in [1.807, 2.05) is 25.7 Å². The zero-order valence-corrected chi connectivity index (χ0v) is 15.9. The van der Waals surface area contributed by atoms with Crippen molar-refractivity contribution < 1.29 is 18.8 Å². The highest BCUT2D eigenvalue weighted by Crippen LogP contribution is 2.31. The molecule has 2 aliphatic rings. The Morgan fingerprint density at radius 1 is 1.31 bits per heavy atom. The molecule has 0 aromatic carbocycles. The summed E-state index contributed by atoms with van der Waals surface area (Å²) in [4.78, 5) is 28.7. The minimum atomic E-state index is -0.498. The highest BCUT2D eigenvalue weighted by atomic mass is 16.6. The lowest BCUT2D eigenvalue weighted by molar-refractivity contribution is -0.000548. The molecule has 26 heavy (non-hydrogen) atoms. The van der Waals surface area contributed by atoms with E-state index in [1.165, 1.54) is 0 Å². The fourth-order valence-corrected chi connectivity index (χ4v) is 3.75. The van der Waals surface area contributed by atoms with Crippen LogP contribution >= 0.6 is 0 Å². The molecule has 144 valence electrons. The highest BCUT2D eigenvalue weighted by Gasteiger charge is 2.40. The predicted molar refractivity (Wildman–Crippen MR) is 95.9 cm³/mol. The molecule has 0 spiro atoms. The molecule has 1 aromatic rings. The fourth-order valence-electron chi connectivity index (χ4n) is 3.75. The van der Waals surface area contributed by atoms with Gasteiger partial charge >= 0.3 is 12.1 Å². The fraction of sp³-hybridized carbons (Fsp3) is 0.722. The summed E-state index contributed by atoms with van der Waals surface area (Å²) in [7, 11) is 0. The molecule has 1 aromatic heterocycles. The molecule has 2 unspecified atom stereocenters. The lowest BCUT2D eigenvalue weighted by Crippen LogP contribution is -2.57. The van der Waals surface area contributed by atoms with E-state index >= 15 is 0 Å². The molecule has 0 saturated carbocycles.